The minimum absolute atomic E-state index is 0. The Morgan fingerprint density at radius 2 is 1.59 bits per heavy atom. The highest BCUT2D eigenvalue weighted by atomic mass is 35.5. The number of carbonyl (C=O) groups is 2. The van der Waals surface area contributed by atoms with Crippen molar-refractivity contribution < 1.29 is 9.59 Å². The van der Waals surface area contributed by atoms with Crippen LogP contribution in [-0.2, 0) is 9.59 Å². The van der Waals surface area contributed by atoms with Crippen LogP contribution in [0.5, 0.6) is 0 Å². The normalized spacial score (nSPS) is 9.77. The van der Waals surface area contributed by atoms with E-state index < -0.39 is 0 Å². The van der Waals surface area contributed by atoms with Crippen molar-refractivity contribution >= 4 is 35.6 Å². The zero-order chi connectivity index (χ0) is 15.7. The van der Waals surface area contributed by atoms with Crippen molar-refractivity contribution in [3.8, 4) is 0 Å². The first-order valence-corrected chi connectivity index (χ1v) is 7.42. The molecule has 0 aliphatic rings. The highest BCUT2D eigenvalue weighted by molar-refractivity contribution is 5.95. The molecule has 0 aromatic heterocycles. The molecule has 6 heteroatoms. The molecule has 1 aromatic carbocycles. The standard InChI is InChI=1S/C16H25N3O2.ClH/c1-4-7-15(20)18-13-8-5-9-14(12(13)2)19-16(21)10-6-11-17-3;/h5,8-9,17H,4,6-7,10-11H2,1-3H3,(H,18,20)(H,19,21);1H. The first kappa shape index (κ1) is 20.4. The van der Waals surface area contributed by atoms with Gasteiger partial charge in [0.05, 0.1) is 0 Å². The molecular weight excluding hydrogens is 302 g/mol. The van der Waals surface area contributed by atoms with Gasteiger partial charge in [-0.25, -0.2) is 0 Å². The first-order chi connectivity index (χ1) is 10.1. The molecule has 5 nitrogen and oxygen atoms in total. The first-order valence-electron chi connectivity index (χ1n) is 7.42. The largest absolute Gasteiger partial charge is 0.326 e. The van der Waals surface area contributed by atoms with Crippen molar-refractivity contribution in [2.45, 2.75) is 39.5 Å². The summed E-state index contributed by atoms with van der Waals surface area (Å²) in [5, 5.41) is 8.79. The molecular formula is C16H26ClN3O2. The van der Waals surface area contributed by atoms with Crippen molar-refractivity contribution in [3.05, 3.63) is 23.8 Å². The maximum atomic E-state index is 11.8. The molecule has 2 amide bonds. The number of carbonyl (C=O) groups excluding carboxylic acids is 2. The van der Waals surface area contributed by atoms with Crippen LogP contribution < -0.4 is 16.0 Å². The summed E-state index contributed by atoms with van der Waals surface area (Å²) >= 11 is 0. The van der Waals surface area contributed by atoms with E-state index in [2.05, 4.69) is 16.0 Å². The predicted octanol–water partition coefficient (Wildman–Crippen LogP) is 3.09. The Morgan fingerprint density at radius 3 is 2.09 bits per heavy atom. The highest BCUT2D eigenvalue weighted by Gasteiger charge is 2.09. The van der Waals surface area contributed by atoms with Crippen LogP contribution in [0.3, 0.4) is 0 Å². The average Bonchev–Trinajstić information content (AvgIpc) is 2.44. The van der Waals surface area contributed by atoms with Crippen LogP contribution in [0.1, 0.15) is 38.2 Å². The van der Waals surface area contributed by atoms with Crippen LogP contribution in [0.25, 0.3) is 0 Å². The van der Waals surface area contributed by atoms with E-state index in [-0.39, 0.29) is 24.2 Å². The monoisotopic (exact) mass is 327 g/mol. The fourth-order valence-corrected chi connectivity index (χ4v) is 1.98. The van der Waals surface area contributed by atoms with E-state index in [4.69, 9.17) is 0 Å². The molecule has 0 aliphatic heterocycles. The molecule has 0 fully saturated rings. The third-order valence-corrected chi connectivity index (χ3v) is 3.19. The van der Waals surface area contributed by atoms with Crippen LogP contribution in [-0.4, -0.2) is 25.4 Å². The minimum Gasteiger partial charge on any atom is -0.326 e. The van der Waals surface area contributed by atoms with E-state index in [0.29, 0.717) is 12.8 Å². The summed E-state index contributed by atoms with van der Waals surface area (Å²) in [7, 11) is 1.87. The van der Waals surface area contributed by atoms with Crippen LogP contribution in [0.4, 0.5) is 11.4 Å². The smallest absolute Gasteiger partial charge is 0.224 e. The van der Waals surface area contributed by atoms with Gasteiger partial charge in [0.15, 0.2) is 0 Å². The van der Waals surface area contributed by atoms with Gasteiger partial charge in [-0.15, -0.1) is 12.4 Å². The number of hydrogen-bond donors (Lipinski definition) is 3. The van der Waals surface area contributed by atoms with Crippen LogP contribution >= 0.6 is 12.4 Å². The second-order valence-corrected chi connectivity index (χ2v) is 5.03. The molecule has 0 atom stereocenters. The third-order valence-electron chi connectivity index (χ3n) is 3.19. The fourth-order valence-electron chi connectivity index (χ4n) is 1.98. The minimum atomic E-state index is -0.00890. The number of benzene rings is 1. The van der Waals surface area contributed by atoms with E-state index in [1.54, 1.807) is 0 Å². The fraction of sp³-hybridized carbons (Fsp3) is 0.500. The van der Waals surface area contributed by atoms with Gasteiger partial charge in [-0.2, -0.15) is 0 Å². The van der Waals surface area contributed by atoms with Crippen LogP contribution in [0.15, 0.2) is 18.2 Å². The summed E-state index contributed by atoms with van der Waals surface area (Å²) in [6, 6.07) is 5.53. The Bertz CT molecular complexity index is 492. The molecule has 0 heterocycles. The molecule has 124 valence electrons. The van der Waals surface area contributed by atoms with Crippen molar-refractivity contribution in [1.82, 2.24) is 5.32 Å². The van der Waals surface area contributed by atoms with Gasteiger partial charge in [-0.05, 0) is 51.1 Å². The number of anilines is 2. The van der Waals surface area contributed by atoms with Crippen molar-refractivity contribution in [1.29, 1.82) is 0 Å². The lowest BCUT2D eigenvalue weighted by Gasteiger charge is -2.13. The third kappa shape index (κ3) is 6.91. The maximum Gasteiger partial charge on any atom is 0.224 e. The molecule has 0 bridgehead atoms. The summed E-state index contributed by atoms with van der Waals surface area (Å²) in [5.74, 6) is -0.0107. The quantitative estimate of drug-likeness (QED) is 0.643. The van der Waals surface area contributed by atoms with Crippen molar-refractivity contribution in [2.75, 3.05) is 24.2 Å². The second kappa shape index (κ2) is 11.0. The van der Waals surface area contributed by atoms with Gasteiger partial charge in [0.25, 0.3) is 0 Å². The molecule has 0 spiro atoms. The Labute approximate surface area is 138 Å². The van der Waals surface area contributed by atoms with E-state index in [9.17, 15) is 9.59 Å². The Hall–Kier alpha value is -1.59. The molecule has 0 saturated heterocycles. The molecule has 0 saturated carbocycles. The summed E-state index contributed by atoms with van der Waals surface area (Å²) in [6.45, 7) is 4.68. The summed E-state index contributed by atoms with van der Waals surface area (Å²) in [6.07, 6.45) is 2.59. The lowest BCUT2D eigenvalue weighted by atomic mass is 10.1. The molecule has 0 radical (unpaired) electrons. The van der Waals surface area contributed by atoms with Gasteiger partial charge in [-0.1, -0.05) is 13.0 Å². The summed E-state index contributed by atoms with van der Waals surface area (Å²) in [4.78, 5) is 23.5. The number of amides is 2. The highest BCUT2D eigenvalue weighted by Crippen LogP contribution is 2.23. The number of rotatable bonds is 8. The van der Waals surface area contributed by atoms with E-state index in [1.165, 1.54) is 0 Å². The Kier molecular flexibility index (Phi) is 10.2. The number of nitrogens with one attached hydrogen (secondary N) is 3. The molecule has 3 N–H and O–H groups in total. The zero-order valence-corrected chi connectivity index (χ0v) is 14.3. The van der Waals surface area contributed by atoms with Crippen molar-refractivity contribution in [3.63, 3.8) is 0 Å². The number of hydrogen-bond acceptors (Lipinski definition) is 3. The maximum absolute atomic E-state index is 11.8. The van der Waals surface area contributed by atoms with Gasteiger partial charge in [0.1, 0.15) is 0 Å². The van der Waals surface area contributed by atoms with Gasteiger partial charge >= 0.3 is 0 Å². The molecule has 0 unspecified atom stereocenters. The molecule has 1 rings (SSSR count). The Morgan fingerprint density at radius 1 is 1.05 bits per heavy atom. The summed E-state index contributed by atoms with van der Waals surface area (Å²) in [5.41, 5.74) is 2.38. The van der Waals surface area contributed by atoms with E-state index in [1.807, 2.05) is 39.1 Å². The summed E-state index contributed by atoms with van der Waals surface area (Å²) < 4.78 is 0. The van der Waals surface area contributed by atoms with E-state index in [0.717, 1.165) is 36.3 Å². The van der Waals surface area contributed by atoms with Gasteiger partial charge in [0.2, 0.25) is 11.8 Å². The van der Waals surface area contributed by atoms with Crippen LogP contribution in [0, 0.1) is 6.92 Å². The number of halogens is 1. The SMILES string of the molecule is CCCC(=O)Nc1cccc(NC(=O)CCCNC)c1C.Cl. The van der Waals surface area contributed by atoms with Crippen molar-refractivity contribution in [2.24, 2.45) is 0 Å². The van der Waals surface area contributed by atoms with Gasteiger partial charge in [-0.3, -0.25) is 9.59 Å². The van der Waals surface area contributed by atoms with E-state index >= 15 is 0 Å². The zero-order valence-electron chi connectivity index (χ0n) is 13.5. The predicted molar refractivity (Wildman–Crippen MR) is 93.8 cm³/mol. The molecule has 0 aliphatic carbocycles. The second-order valence-electron chi connectivity index (χ2n) is 5.03. The Balaban J connectivity index is 0.00000441. The molecule has 1 aromatic rings. The lowest BCUT2D eigenvalue weighted by molar-refractivity contribution is -0.117. The van der Waals surface area contributed by atoms with Gasteiger partial charge < -0.3 is 16.0 Å². The average molecular weight is 328 g/mol. The molecule has 22 heavy (non-hydrogen) atoms. The van der Waals surface area contributed by atoms with Crippen LogP contribution in [0.2, 0.25) is 0 Å². The topological polar surface area (TPSA) is 70.2 Å². The lowest BCUT2D eigenvalue weighted by Crippen LogP contribution is -2.17. The van der Waals surface area contributed by atoms with Gasteiger partial charge in [0, 0.05) is 24.2 Å².